The molecule has 0 aliphatic rings. The van der Waals surface area contributed by atoms with Gasteiger partial charge in [-0.05, 0) is 12.1 Å². The van der Waals surface area contributed by atoms with E-state index in [9.17, 15) is 9.59 Å². The number of hydrogen-bond acceptors (Lipinski definition) is 4. The number of carbonyl (C=O) groups excluding carboxylic acids is 1. The van der Waals surface area contributed by atoms with Gasteiger partial charge in [0, 0.05) is 23.2 Å². The van der Waals surface area contributed by atoms with Gasteiger partial charge in [-0.2, -0.15) is 11.8 Å². The van der Waals surface area contributed by atoms with E-state index in [1.165, 1.54) is 18.3 Å². The van der Waals surface area contributed by atoms with Gasteiger partial charge < -0.3 is 10.4 Å². The minimum absolute atomic E-state index is 0.0595. The second-order valence-electron chi connectivity index (χ2n) is 4.95. The third-order valence-electron chi connectivity index (χ3n) is 2.16. The molecule has 0 aliphatic heterocycles. The summed E-state index contributed by atoms with van der Waals surface area (Å²) >= 11 is 1.75. The van der Waals surface area contributed by atoms with Crippen molar-refractivity contribution in [1.82, 2.24) is 10.3 Å². The number of aromatic nitrogens is 1. The van der Waals surface area contributed by atoms with Crippen LogP contribution in [0.2, 0.25) is 0 Å². The van der Waals surface area contributed by atoms with Crippen LogP contribution in [0.25, 0.3) is 0 Å². The van der Waals surface area contributed by atoms with Crippen LogP contribution in [0.3, 0.4) is 0 Å². The first-order valence-electron chi connectivity index (χ1n) is 5.91. The van der Waals surface area contributed by atoms with Crippen molar-refractivity contribution >= 4 is 23.6 Å². The molecule has 0 saturated carbocycles. The Kier molecular flexibility index (Phi) is 5.35. The van der Waals surface area contributed by atoms with Gasteiger partial charge >= 0.3 is 5.97 Å². The highest BCUT2D eigenvalue weighted by Crippen LogP contribution is 2.21. The monoisotopic (exact) mass is 282 g/mol. The second-order valence-corrected chi connectivity index (χ2v) is 6.87. The molecule has 2 N–H and O–H groups in total. The van der Waals surface area contributed by atoms with E-state index in [4.69, 9.17) is 5.11 Å². The van der Waals surface area contributed by atoms with Crippen LogP contribution in [0.4, 0.5) is 0 Å². The highest BCUT2D eigenvalue weighted by molar-refractivity contribution is 8.00. The quantitative estimate of drug-likeness (QED) is 0.808. The first kappa shape index (κ1) is 15.5. The van der Waals surface area contributed by atoms with E-state index in [1.54, 1.807) is 11.8 Å². The zero-order chi connectivity index (χ0) is 14.5. The number of nitrogens with one attached hydrogen (secondary N) is 1. The van der Waals surface area contributed by atoms with Gasteiger partial charge in [-0.1, -0.05) is 20.8 Å². The molecule has 0 fully saturated rings. The topological polar surface area (TPSA) is 79.3 Å². The van der Waals surface area contributed by atoms with Crippen molar-refractivity contribution < 1.29 is 14.7 Å². The summed E-state index contributed by atoms with van der Waals surface area (Å²) in [5, 5.41) is 11.6. The number of carboxylic acid groups (broad SMARTS) is 1. The van der Waals surface area contributed by atoms with Gasteiger partial charge in [-0.3, -0.25) is 9.78 Å². The molecular weight excluding hydrogens is 264 g/mol. The number of aromatic carboxylic acids is 1. The summed E-state index contributed by atoms with van der Waals surface area (Å²) in [7, 11) is 0. The highest BCUT2D eigenvalue weighted by atomic mass is 32.2. The number of rotatable bonds is 5. The molecule has 0 bridgehead atoms. The van der Waals surface area contributed by atoms with Crippen LogP contribution in [0.1, 0.15) is 41.6 Å². The lowest BCUT2D eigenvalue weighted by molar-refractivity contribution is 0.0696. The largest absolute Gasteiger partial charge is 0.478 e. The third-order valence-corrected chi connectivity index (χ3v) is 3.44. The lowest BCUT2D eigenvalue weighted by atomic mass is 10.2. The van der Waals surface area contributed by atoms with Gasteiger partial charge in [0.2, 0.25) is 0 Å². The summed E-state index contributed by atoms with van der Waals surface area (Å²) in [6.45, 7) is 6.85. The molecule has 0 saturated heterocycles. The lowest BCUT2D eigenvalue weighted by Gasteiger charge is -2.17. The van der Waals surface area contributed by atoms with Gasteiger partial charge in [0.25, 0.3) is 5.91 Å². The van der Waals surface area contributed by atoms with Crippen molar-refractivity contribution in [3.8, 4) is 0 Å². The Bertz CT molecular complexity index is 469. The first-order chi connectivity index (χ1) is 8.79. The molecule has 0 atom stereocenters. The van der Waals surface area contributed by atoms with Crippen LogP contribution in [-0.2, 0) is 0 Å². The zero-order valence-electron chi connectivity index (χ0n) is 11.3. The summed E-state index contributed by atoms with van der Waals surface area (Å²) < 4.78 is 0.159. The normalized spacial score (nSPS) is 11.1. The SMILES string of the molecule is CC(C)(C)SCCNC(=O)c1cc(C(=O)O)ccn1. The number of nitrogens with zero attached hydrogens (tertiary/aromatic N) is 1. The van der Waals surface area contributed by atoms with Gasteiger partial charge in [0.15, 0.2) is 0 Å². The molecule has 0 unspecified atom stereocenters. The van der Waals surface area contributed by atoms with Crippen molar-refractivity contribution in [1.29, 1.82) is 0 Å². The van der Waals surface area contributed by atoms with Crippen LogP contribution in [0.5, 0.6) is 0 Å². The Hall–Kier alpha value is -1.56. The molecule has 0 spiro atoms. The molecule has 1 amide bonds. The number of hydrogen-bond donors (Lipinski definition) is 2. The predicted molar refractivity (Wildman–Crippen MR) is 75.7 cm³/mol. The van der Waals surface area contributed by atoms with E-state index in [-0.39, 0.29) is 21.9 Å². The number of amides is 1. The van der Waals surface area contributed by atoms with Crippen LogP contribution >= 0.6 is 11.8 Å². The predicted octanol–water partition coefficient (Wildman–Crippen LogP) is 2.04. The third kappa shape index (κ3) is 5.74. The molecule has 0 radical (unpaired) electrons. The van der Waals surface area contributed by atoms with E-state index in [0.717, 1.165) is 5.75 Å². The number of pyridine rings is 1. The average molecular weight is 282 g/mol. The average Bonchev–Trinajstić information content (AvgIpc) is 2.33. The molecule has 0 aliphatic carbocycles. The number of carbonyl (C=O) groups is 2. The number of thioether (sulfide) groups is 1. The molecular formula is C13H18N2O3S. The standard InChI is InChI=1S/C13H18N2O3S/c1-13(2,3)19-7-6-15-11(16)10-8-9(12(17)18)4-5-14-10/h4-5,8H,6-7H2,1-3H3,(H,15,16)(H,17,18). The van der Waals surface area contributed by atoms with Crippen LogP contribution in [-0.4, -0.2) is 39.0 Å². The van der Waals surface area contributed by atoms with E-state index in [2.05, 4.69) is 31.1 Å². The molecule has 1 aromatic rings. The molecule has 0 aromatic carbocycles. The van der Waals surface area contributed by atoms with E-state index in [0.29, 0.717) is 6.54 Å². The minimum atomic E-state index is -1.07. The molecule has 5 nitrogen and oxygen atoms in total. The molecule has 1 aromatic heterocycles. The molecule has 1 rings (SSSR count). The zero-order valence-corrected chi connectivity index (χ0v) is 12.1. The van der Waals surface area contributed by atoms with Gasteiger partial charge in [-0.25, -0.2) is 4.79 Å². The van der Waals surface area contributed by atoms with Crippen molar-refractivity contribution in [2.75, 3.05) is 12.3 Å². The smallest absolute Gasteiger partial charge is 0.335 e. The van der Waals surface area contributed by atoms with E-state index >= 15 is 0 Å². The van der Waals surface area contributed by atoms with Crippen molar-refractivity contribution in [2.45, 2.75) is 25.5 Å². The fourth-order valence-electron chi connectivity index (χ4n) is 1.30. The Balaban J connectivity index is 2.50. The lowest BCUT2D eigenvalue weighted by Crippen LogP contribution is -2.27. The molecule has 1 heterocycles. The highest BCUT2D eigenvalue weighted by Gasteiger charge is 2.12. The van der Waals surface area contributed by atoms with Crippen LogP contribution in [0, 0.1) is 0 Å². The maximum atomic E-state index is 11.8. The summed E-state index contributed by atoms with van der Waals surface area (Å²) in [5.74, 6) is -0.620. The van der Waals surface area contributed by atoms with Crippen LogP contribution in [0.15, 0.2) is 18.3 Å². The summed E-state index contributed by atoms with van der Waals surface area (Å²) in [5.41, 5.74) is 0.185. The summed E-state index contributed by atoms with van der Waals surface area (Å²) in [6.07, 6.45) is 1.32. The van der Waals surface area contributed by atoms with Gasteiger partial charge in [0.05, 0.1) is 5.56 Å². The van der Waals surface area contributed by atoms with Gasteiger partial charge in [-0.15, -0.1) is 0 Å². The Morgan fingerprint density at radius 1 is 1.42 bits per heavy atom. The molecule has 19 heavy (non-hydrogen) atoms. The van der Waals surface area contributed by atoms with E-state index < -0.39 is 5.97 Å². The first-order valence-corrected chi connectivity index (χ1v) is 6.89. The fraction of sp³-hybridized carbons (Fsp3) is 0.462. The number of carboxylic acids is 1. The Morgan fingerprint density at radius 2 is 2.11 bits per heavy atom. The maximum absolute atomic E-state index is 11.8. The fourth-order valence-corrected chi connectivity index (χ4v) is 2.12. The van der Waals surface area contributed by atoms with Crippen molar-refractivity contribution in [3.05, 3.63) is 29.6 Å². The maximum Gasteiger partial charge on any atom is 0.335 e. The second kappa shape index (κ2) is 6.56. The van der Waals surface area contributed by atoms with E-state index in [1.807, 2.05) is 0 Å². The van der Waals surface area contributed by atoms with Gasteiger partial charge in [0.1, 0.15) is 5.69 Å². The minimum Gasteiger partial charge on any atom is -0.478 e. The Labute approximate surface area is 116 Å². The molecule has 104 valence electrons. The molecule has 6 heteroatoms. The summed E-state index contributed by atoms with van der Waals surface area (Å²) in [6, 6.07) is 2.63. The Morgan fingerprint density at radius 3 is 2.68 bits per heavy atom. The van der Waals surface area contributed by atoms with Crippen molar-refractivity contribution in [2.24, 2.45) is 0 Å². The van der Waals surface area contributed by atoms with Crippen molar-refractivity contribution in [3.63, 3.8) is 0 Å². The summed E-state index contributed by atoms with van der Waals surface area (Å²) in [4.78, 5) is 26.4. The van der Waals surface area contributed by atoms with Crippen LogP contribution < -0.4 is 5.32 Å².